The zero-order chi connectivity index (χ0) is 17.2. The van der Waals surface area contributed by atoms with Crippen LogP contribution in [0.25, 0.3) is 11.3 Å². The zero-order valence-corrected chi connectivity index (χ0v) is 14.8. The number of nitrogens with zero attached hydrogens (tertiary/aromatic N) is 1. The van der Waals surface area contributed by atoms with Crippen LogP contribution >= 0.6 is 15.9 Å². The second-order valence-electron chi connectivity index (χ2n) is 4.94. The highest BCUT2D eigenvalue weighted by Gasteiger charge is 2.21. The van der Waals surface area contributed by atoms with E-state index in [9.17, 15) is 8.42 Å². The van der Waals surface area contributed by atoms with E-state index in [2.05, 4.69) is 20.9 Å². The zero-order valence-electron chi connectivity index (χ0n) is 12.4. The Morgan fingerprint density at radius 1 is 0.917 bits per heavy atom. The van der Waals surface area contributed by atoms with E-state index in [1.54, 1.807) is 36.4 Å². The highest BCUT2D eigenvalue weighted by molar-refractivity contribution is 9.10. The van der Waals surface area contributed by atoms with Crippen LogP contribution in [0.1, 0.15) is 0 Å². The Hall–Kier alpha value is -2.38. The standard InChI is InChI=1S/C17H13BrN2O3S/c18-13-8-6-12(7-9-13)15-10-11-16(17(19)20-15)24(21,22)23-14-4-2-1-3-5-14/h1-11H,(H2,19,20). The van der Waals surface area contributed by atoms with E-state index in [1.165, 1.54) is 6.07 Å². The Labute approximate surface area is 148 Å². The first-order valence-electron chi connectivity index (χ1n) is 6.98. The molecule has 0 saturated heterocycles. The number of halogens is 1. The van der Waals surface area contributed by atoms with E-state index in [1.807, 2.05) is 24.3 Å². The molecule has 3 rings (SSSR count). The number of anilines is 1. The lowest BCUT2D eigenvalue weighted by Crippen LogP contribution is -2.13. The molecule has 24 heavy (non-hydrogen) atoms. The lowest BCUT2D eigenvalue weighted by molar-refractivity contribution is 0.486. The fourth-order valence-electron chi connectivity index (χ4n) is 2.10. The fraction of sp³-hybridized carbons (Fsp3) is 0. The molecule has 0 aliphatic carbocycles. The number of hydrogen-bond acceptors (Lipinski definition) is 5. The third-order valence-electron chi connectivity index (χ3n) is 3.24. The maximum Gasteiger partial charge on any atom is 0.342 e. The average molecular weight is 405 g/mol. The first-order valence-corrected chi connectivity index (χ1v) is 9.18. The van der Waals surface area contributed by atoms with Crippen LogP contribution in [-0.2, 0) is 10.1 Å². The van der Waals surface area contributed by atoms with Gasteiger partial charge in [0, 0.05) is 10.0 Å². The van der Waals surface area contributed by atoms with Crippen molar-refractivity contribution >= 4 is 31.9 Å². The van der Waals surface area contributed by atoms with E-state index < -0.39 is 10.1 Å². The molecule has 2 aromatic carbocycles. The van der Waals surface area contributed by atoms with E-state index >= 15 is 0 Å². The number of nitrogens with two attached hydrogens (primary N) is 1. The quantitative estimate of drug-likeness (QED) is 0.667. The highest BCUT2D eigenvalue weighted by atomic mass is 79.9. The van der Waals surface area contributed by atoms with E-state index in [4.69, 9.17) is 9.92 Å². The third-order valence-corrected chi connectivity index (χ3v) is 5.07. The molecule has 0 amide bonds. The average Bonchev–Trinajstić information content (AvgIpc) is 2.55. The number of aromatic nitrogens is 1. The molecule has 0 atom stereocenters. The predicted molar refractivity (Wildman–Crippen MR) is 96.0 cm³/mol. The maximum atomic E-state index is 12.4. The van der Waals surface area contributed by atoms with Crippen molar-refractivity contribution < 1.29 is 12.6 Å². The van der Waals surface area contributed by atoms with Gasteiger partial charge in [-0.15, -0.1) is 0 Å². The second-order valence-corrected chi connectivity index (χ2v) is 7.37. The van der Waals surface area contributed by atoms with Crippen LogP contribution in [-0.4, -0.2) is 13.4 Å². The Balaban J connectivity index is 1.93. The molecule has 0 aliphatic heterocycles. The lowest BCUT2D eigenvalue weighted by Gasteiger charge is -2.10. The van der Waals surface area contributed by atoms with Gasteiger partial charge in [-0.1, -0.05) is 46.3 Å². The van der Waals surface area contributed by atoms with Gasteiger partial charge < -0.3 is 9.92 Å². The van der Waals surface area contributed by atoms with Crippen molar-refractivity contribution in [2.45, 2.75) is 4.90 Å². The molecule has 7 heteroatoms. The number of benzene rings is 2. The van der Waals surface area contributed by atoms with Crippen LogP contribution in [0.5, 0.6) is 5.75 Å². The molecule has 0 fully saturated rings. The van der Waals surface area contributed by atoms with Crippen LogP contribution in [0, 0.1) is 0 Å². The molecular weight excluding hydrogens is 392 g/mol. The van der Waals surface area contributed by atoms with Crippen LogP contribution < -0.4 is 9.92 Å². The van der Waals surface area contributed by atoms with E-state index in [0.29, 0.717) is 5.69 Å². The first-order chi connectivity index (χ1) is 11.5. The molecule has 2 N–H and O–H groups in total. The summed E-state index contributed by atoms with van der Waals surface area (Å²) < 4.78 is 30.7. The van der Waals surface area contributed by atoms with Gasteiger partial charge in [0.05, 0.1) is 5.69 Å². The summed E-state index contributed by atoms with van der Waals surface area (Å²) in [5.41, 5.74) is 7.26. The highest BCUT2D eigenvalue weighted by Crippen LogP contribution is 2.26. The minimum atomic E-state index is -4.04. The summed E-state index contributed by atoms with van der Waals surface area (Å²) in [6, 6.07) is 18.7. The monoisotopic (exact) mass is 404 g/mol. The predicted octanol–water partition coefficient (Wildman–Crippen LogP) is 3.86. The van der Waals surface area contributed by atoms with Crippen molar-refractivity contribution in [2.75, 3.05) is 5.73 Å². The number of nitrogen functional groups attached to an aromatic ring is 1. The molecule has 0 unspecified atom stereocenters. The molecular formula is C17H13BrN2O3S. The van der Waals surface area contributed by atoms with E-state index in [0.717, 1.165) is 10.0 Å². The number of pyridine rings is 1. The van der Waals surface area contributed by atoms with Crippen LogP contribution in [0.2, 0.25) is 0 Å². The topological polar surface area (TPSA) is 82.3 Å². The Morgan fingerprint density at radius 2 is 1.58 bits per heavy atom. The molecule has 1 aromatic heterocycles. The molecule has 3 aromatic rings. The molecule has 0 spiro atoms. The molecule has 0 saturated carbocycles. The van der Waals surface area contributed by atoms with Gasteiger partial charge in [-0.3, -0.25) is 0 Å². The van der Waals surface area contributed by atoms with Gasteiger partial charge in [-0.25, -0.2) is 4.98 Å². The third kappa shape index (κ3) is 3.58. The molecule has 122 valence electrons. The van der Waals surface area contributed by atoms with Gasteiger partial charge in [-0.2, -0.15) is 8.42 Å². The minimum Gasteiger partial charge on any atom is -0.382 e. The smallest absolute Gasteiger partial charge is 0.342 e. The Morgan fingerprint density at radius 3 is 2.21 bits per heavy atom. The fourth-order valence-corrected chi connectivity index (χ4v) is 3.36. The summed E-state index contributed by atoms with van der Waals surface area (Å²) in [6.45, 7) is 0. The summed E-state index contributed by atoms with van der Waals surface area (Å²) in [7, 11) is -4.04. The van der Waals surface area contributed by atoms with Gasteiger partial charge in [0.15, 0.2) is 0 Å². The summed E-state index contributed by atoms with van der Waals surface area (Å²) in [4.78, 5) is 4.02. The number of para-hydroxylation sites is 1. The van der Waals surface area contributed by atoms with Crippen LogP contribution in [0.15, 0.2) is 76.1 Å². The summed E-state index contributed by atoms with van der Waals surface area (Å²) >= 11 is 3.36. The molecule has 0 radical (unpaired) electrons. The normalized spacial score (nSPS) is 11.2. The van der Waals surface area contributed by atoms with Gasteiger partial charge >= 0.3 is 10.1 Å². The van der Waals surface area contributed by atoms with Crippen LogP contribution in [0.4, 0.5) is 5.82 Å². The van der Waals surface area contributed by atoms with Gasteiger partial charge in [0.2, 0.25) is 0 Å². The largest absolute Gasteiger partial charge is 0.382 e. The minimum absolute atomic E-state index is 0.105. The second kappa shape index (κ2) is 6.62. The van der Waals surface area contributed by atoms with Crippen molar-refractivity contribution in [3.05, 3.63) is 71.2 Å². The van der Waals surface area contributed by atoms with Crippen molar-refractivity contribution in [1.29, 1.82) is 0 Å². The Bertz CT molecular complexity index is 959. The van der Waals surface area contributed by atoms with Crippen molar-refractivity contribution in [2.24, 2.45) is 0 Å². The SMILES string of the molecule is Nc1nc(-c2ccc(Br)cc2)ccc1S(=O)(=O)Oc1ccccc1. The van der Waals surface area contributed by atoms with Crippen LogP contribution in [0.3, 0.4) is 0 Å². The summed E-state index contributed by atoms with van der Waals surface area (Å²) in [5.74, 6) is 0.111. The van der Waals surface area contributed by atoms with Gasteiger partial charge in [0.1, 0.15) is 16.5 Å². The summed E-state index contributed by atoms with van der Waals surface area (Å²) in [6.07, 6.45) is 0. The lowest BCUT2D eigenvalue weighted by atomic mass is 10.1. The maximum absolute atomic E-state index is 12.4. The first kappa shape index (κ1) is 16.5. The van der Waals surface area contributed by atoms with E-state index in [-0.39, 0.29) is 16.5 Å². The van der Waals surface area contributed by atoms with Gasteiger partial charge in [-0.05, 0) is 36.4 Å². The van der Waals surface area contributed by atoms with Crippen molar-refractivity contribution in [1.82, 2.24) is 4.98 Å². The molecule has 0 aliphatic rings. The van der Waals surface area contributed by atoms with Crippen molar-refractivity contribution in [3.63, 3.8) is 0 Å². The molecule has 1 heterocycles. The number of hydrogen-bond donors (Lipinski definition) is 1. The van der Waals surface area contributed by atoms with Crippen molar-refractivity contribution in [3.8, 4) is 17.0 Å². The molecule has 5 nitrogen and oxygen atoms in total. The van der Waals surface area contributed by atoms with Gasteiger partial charge in [0.25, 0.3) is 0 Å². The Kier molecular flexibility index (Phi) is 4.55. The summed E-state index contributed by atoms with van der Waals surface area (Å²) in [5, 5.41) is 0. The number of rotatable bonds is 4. The molecule has 0 bridgehead atoms.